The van der Waals surface area contributed by atoms with Crippen molar-refractivity contribution < 1.29 is 4.79 Å². The molecule has 0 fully saturated rings. The summed E-state index contributed by atoms with van der Waals surface area (Å²) in [4.78, 5) is 12.7. The fourth-order valence-corrected chi connectivity index (χ4v) is 3.30. The predicted octanol–water partition coefficient (Wildman–Crippen LogP) is 3.31. The average Bonchev–Trinajstić information content (AvgIpc) is 3.10. The van der Waals surface area contributed by atoms with E-state index in [0.29, 0.717) is 12.2 Å². The van der Waals surface area contributed by atoms with Gasteiger partial charge >= 0.3 is 0 Å². The number of hydrogen-bond donors (Lipinski definition) is 0. The van der Waals surface area contributed by atoms with Crippen LogP contribution in [0.3, 0.4) is 0 Å². The van der Waals surface area contributed by atoms with Crippen molar-refractivity contribution in [3.63, 3.8) is 0 Å². The molecule has 0 radical (unpaired) electrons. The minimum Gasteiger partial charge on any atom is -0.299 e. The Morgan fingerprint density at radius 2 is 2.14 bits per heavy atom. The molecule has 0 bridgehead atoms. The van der Waals surface area contributed by atoms with Gasteiger partial charge in [0, 0.05) is 24.6 Å². The largest absolute Gasteiger partial charge is 0.299 e. The highest BCUT2D eigenvalue weighted by atomic mass is 16.1. The van der Waals surface area contributed by atoms with Crippen molar-refractivity contribution in [1.82, 2.24) is 9.78 Å². The summed E-state index contributed by atoms with van der Waals surface area (Å²) < 4.78 is 1.97. The van der Waals surface area contributed by atoms with Crippen molar-refractivity contribution in [3.8, 4) is 0 Å². The fraction of sp³-hybridized carbons (Fsp3) is 0.444. The first-order valence-electron chi connectivity index (χ1n) is 7.89. The quantitative estimate of drug-likeness (QED) is 0.843. The third kappa shape index (κ3) is 2.65. The second kappa shape index (κ2) is 5.84. The number of fused-ring (bicyclic) bond motifs is 1. The van der Waals surface area contributed by atoms with Crippen molar-refractivity contribution >= 4 is 5.78 Å². The number of carbonyl (C=O) groups excluding carboxylic acids is 1. The Kier molecular flexibility index (Phi) is 3.91. The number of carbonyl (C=O) groups is 1. The van der Waals surface area contributed by atoms with E-state index in [1.165, 1.54) is 11.1 Å². The van der Waals surface area contributed by atoms with Gasteiger partial charge in [-0.25, -0.2) is 0 Å². The standard InChI is InChI=1S/C18H22N2O/c1-3-14-11-15(20(4-2)19-14)12-18(21)17-10-9-13-7-5-6-8-16(13)17/h5-8,11,17H,3-4,9-10,12H2,1-2H3. The fourth-order valence-electron chi connectivity index (χ4n) is 3.30. The van der Waals surface area contributed by atoms with E-state index in [1.54, 1.807) is 0 Å². The highest BCUT2D eigenvalue weighted by Gasteiger charge is 2.28. The molecule has 110 valence electrons. The highest BCUT2D eigenvalue weighted by Crippen LogP contribution is 2.34. The van der Waals surface area contributed by atoms with Crippen LogP contribution in [0.25, 0.3) is 0 Å². The minimum absolute atomic E-state index is 0.0754. The molecule has 0 amide bonds. The van der Waals surface area contributed by atoms with Crippen LogP contribution in [0.15, 0.2) is 30.3 Å². The van der Waals surface area contributed by atoms with Crippen LogP contribution in [0.1, 0.15) is 48.7 Å². The zero-order valence-electron chi connectivity index (χ0n) is 12.8. The van der Waals surface area contributed by atoms with Gasteiger partial charge in [0.1, 0.15) is 5.78 Å². The molecule has 3 rings (SSSR count). The molecule has 2 aromatic rings. The molecule has 0 saturated carbocycles. The lowest BCUT2D eigenvalue weighted by Crippen LogP contribution is -2.15. The molecule has 3 heteroatoms. The maximum absolute atomic E-state index is 12.7. The second-order valence-electron chi connectivity index (χ2n) is 5.73. The van der Waals surface area contributed by atoms with Crippen LogP contribution in [-0.2, 0) is 30.6 Å². The lowest BCUT2D eigenvalue weighted by molar-refractivity contribution is -0.119. The lowest BCUT2D eigenvalue weighted by atomic mass is 9.94. The van der Waals surface area contributed by atoms with Gasteiger partial charge in [0.15, 0.2) is 0 Å². The maximum atomic E-state index is 12.7. The summed E-state index contributed by atoms with van der Waals surface area (Å²) in [5.74, 6) is 0.406. The number of hydrogen-bond acceptors (Lipinski definition) is 2. The molecule has 1 atom stereocenters. The first-order valence-corrected chi connectivity index (χ1v) is 7.89. The minimum atomic E-state index is 0.0754. The number of aryl methyl sites for hydroxylation is 3. The number of aromatic nitrogens is 2. The molecule has 1 aromatic heterocycles. The summed E-state index contributed by atoms with van der Waals surface area (Å²) in [5.41, 5.74) is 4.71. The highest BCUT2D eigenvalue weighted by molar-refractivity contribution is 5.88. The Balaban J connectivity index is 1.80. The van der Waals surface area contributed by atoms with Crippen LogP contribution in [0.5, 0.6) is 0 Å². The Labute approximate surface area is 126 Å². The molecule has 1 aliphatic rings. The third-order valence-electron chi connectivity index (χ3n) is 4.45. The summed E-state index contributed by atoms with van der Waals surface area (Å²) in [5, 5.41) is 4.54. The van der Waals surface area contributed by atoms with Gasteiger partial charge in [0.2, 0.25) is 0 Å². The van der Waals surface area contributed by atoms with E-state index < -0.39 is 0 Å². The van der Waals surface area contributed by atoms with Gasteiger partial charge in [0.25, 0.3) is 0 Å². The summed E-state index contributed by atoms with van der Waals surface area (Å²) in [6.07, 6.45) is 3.40. The second-order valence-corrected chi connectivity index (χ2v) is 5.73. The molecule has 0 spiro atoms. The van der Waals surface area contributed by atoms with Gasteiger partial charge in [-0.1, -0.05) is 31.2 Å². The molecule has 0 N–H and O–H groups in total. The van der Waals surface area contributed by atoms with Crippen molar-refractivity contribution in [1.29, 1.82) is 0 Å². The van der Waals surface area contributed by atoms with Gasteiger partial charge in [-0.05, 0) is 43.4 Å². The number of ketones is 1. The Morgan fingerprint density at radius 3 is 2.90 bits per heavy atom. The molecule has 1 unspecified atom stereocenters. The molecule has 0 aliphatic heterocycles. The van der Waals surface area contributed by atoms with E-state index in [-0.39, 0.29) is 5.92 Å². The molecular weight excluding hydrogens is 260 g/mol. The van der Waals surface area contributed by atoms with Gasteiger partial charge in [-0.3, -0.25) is 9.48 Å². The smallest absolute Gasteiger partial charge is 0.146 e. The lowest BCUT2D eigenvalue weighted by Gasteiger charge is -2.11. The van der Waals surface area contributed by atoms with Crippen LogP contribution in [0.4, 0.5) is 0 Å². The van der Waals surface area contributed by atoms with E-state index in [1.807, 2.05) is 10.7 Å². The Bertz CT molecular complexity index is 657. The van der Waals surface area contributed by atoms with Crippen LogP contribution < -0.4 is 0 Å². The van der Waals surface area contributed by atoms with Crippen LogP contribution >= 0.6 is 0 Å². The first kappa shape index (κ1) is 14.1. The Morgan fingerprint density at radius 1 is 1.33 bits per heavy atom. The Hall–Kier alpha value is -1.90. The van der Waals surface area contributed by atoms with Crippen molar-refractivity contribution in [2.24, 2.45) is 0 Å². The number of nitrogens with zero attached hydrogens (tertiary/aromatic N) is 2. The first-order chi connectivity index (χ1) is 10.2. The topological polar surface area (TPSA) is 34.9 Å². The van der Waals surface area contributed by atoms with Crippen LogP contribution in [0.2, 0.25) is 0 Å². The summed E-state index contributed by atoms with van der Waals surface area (Å²) in [6.45, 7) is 5.00. The third-order valence-corrected chi connectivity index (χ3v) is 4.45. The molecule has 21 heavy (non-hydrogen) atoms. The molecule has 3 nitrogen and oxygen atoms in total. The SMILES string of the molecule is CCc1cc(CC(=O)C2CCc3ccccc32)n(CC)n1. The number of Topliss-reactive ketones (excluding diaryl/α,β-unsaturated/α-hetero) is 1. The zero-order chi connectivity index (χ0) is 14.8. The van der Waals surface area contributed by atoms with Crippen LogP contribution in [-0.4, -0.2) is 15.6 Å². The van der Waals surface area contributed by atoms with E-state index >= 15 is 0 Å². The molecule has 1 aliphatic carbocycles. The summed E-state index contributed by atoms with van der Waals surface area (Å²) in [6, 6.07) is 10.4. The zero-order valence-corrected chi connectivity index (χ0v) is 12.8. The monoisotopic (exact) mass is 282 g/mol. The molecular formula is C18H22N2O. The van der Waals surface area contributed by atoms with Gasteiger partial charge in [-0.2, -0.15) is 5.10 Å². The summed E-state index contributed by atoms with van der Waals surface area (Å²) >= 11 is 0. The molecule has 0 saturated heterocycles. The van der Waals surface area contributed by atoms with E-state index in [9.17, 15) is 4.79 Å². The van der Waals surface area contributed by atoms with E-state index in [4.69, 9.17) is 0 Å². The predicted molar refractivity (Wildman–Crippen MR) is 83.5 cm³/mol. The maximum Gasteiger partial charge on any atom is 0.146 e. The van der Waals surface area contributed by atoms with Crippen molar-refractivity contribution in [3.05, 3.63) is 52.8 Å². The van der Waals surface area contributed by atoms with Gasteiger partial charge in [0.05, 0.1) is 5.69 Å². The number of rotatable bonds is 5. The average molecular weight is 282 g/mol. The van der Waals surface area contributed by atoms with E-state index in [0.717, 1.165) is 37.2 Å². The molecule has 1 heterocycles. The van der Waals surface area contributed by atoms with Crippen molar-refractivity contribution in [2.75, 3.05) is 0 Å². The summed E-state index contributed by atoms with van der Waals surface area (Å²) in [7, 11) is 0. The van der Waals surface area contributed by atoms with E-state index in [2.05, 4.69) is 43.2 Å². The normalized spacial score (nSPS) is 17.0. The van der Waals surface area contributed by atoms with Crippen LogP contribution in [0, 0.1) is 0 Å². The number of benzene rings is 1. The van der Waals surface area contributed by atoms with Gasteiger partial charge in [-0.15, -0.1) is 0 Å². The van der Waals surface area contributed by atoms with Crippen molar-refractivity contribution in [2.45, 2.75) is 52.0 Å². The molecule has 1 aromatic carbocycles. The van der Waals surface area contributed by atoms with Gasteiger partial charge < -0.3 is 0 Å².